The average molecular weight is 374 g/mol. The fraction of sp³-hybridized carbons (Fsp3) is 0.130. The summed E-state index contributed by atoms with van der Waals surface area (Å²) in [6.07, 6.45) is 0.767. The second kappa shape index (κ2) is 7.64. The maximum Gasteiger partial charge on any atom is 0.258 e. The number of rotatable bonds is 4. The predicted molar refractivity (Wildman–Crippen MR) is 106 cm³/mol. The van der Waals surface area contributed by atoms with Gasteiger partial charge in [-0.05, 0) is 47.9 Å². The van der Waals surface area contributed by atoms with Crippen molar-refractivity contribution < 1.29 is 14.0 Å². The Bertz CT molecular complexity index is 1030. The van der Waals surface area contributed by atoms with Gasteiger partial charge >= 0.3 is 0 Å². The Kier molecular flexibility index (Phi) is 4.89. The molecule has 4 rings (SSSR count). The van der Waals surface area contributed by atoms with E-state index in [1.807, 2.05) is 48.5 Å². The molecular formula is C23H19FN2O2. The summed E-state index contributed by atoms with van der Waals surface area (Å²) in [5.74, 6) is -0.997. The van der Waals surface area contributed by atoms with E-state index in [9.17, 15) is 14.0 Å². The second-order valence-electron chi connectivity index (χ2n) is 6.70. The minimum atomic E-state index is -0.538. The summed E-state index contributed by atoms with van der Waals surface area (Å²) < 4.78 is 13.7. The van der Waals surface area contributed by atoms with E-state index in [1.165, 1.54) is 12.1 Å². The van der Waals surface area contributed by atoms with Gasteiger partial charge in [-0.2, -0.15) is 0 Å². The molecule has 28 heavy (non-hydrogen) atoms. The SMILES string of the molecule is O=C(NCc1ccc2c(c1)CCN2C(=O)c1ccccc1)c1ccccc1F. The van der Waals surface area contributed by atoms with E-state index < -0.39 is 11.7 Å². The molecule has 1 aliphatic rings. The van der Waals surface area contributed by atoms with Crippen molar-refractivity contribution in [1.82, 2.24) is 5.32 Å². The molecule has 0 aliphatic carbocycles. The maximum atomic E-state index is 13.7. The van der Waals surface area contributed by atoms with Crippen molar-refractivity contribution in [3.63, 3.8) is 0 Å². The zero-order valence-corrected chi connectivity index (χ0v) is 15.2. The van der Waals surface area contributed by atoms with Gasteiger partial charge in [-0.25, -0.2) is 4.39 Å². The van der Waals surface area contributed by atoms with Gasteiger partial charge in [0.25, 0.3) is 11.8 Å². The number of halogens is 1. The van der Waals surface area contributed by atoms with Gasteiger partial charge in [-0.3, -0.25) is 9.59 Å². The van der Waals surface area contributed by atoms with Gasteiger partial charge in [0.15, 0.2) is 0 Å². The minimum Gasteiger partial charge on any atom is -0.348 e. The summed E-state index contributed by atoms with van der Waals surface area (Å²) in [6, 6.07) is 20.9. The molecule has 5 heteroatoms. The van der Waals surface area contributed by atoms with Crippen LogP contribution < -0.4 is 10.2 Å². The molecule has 140 valence electrons. The number of nitrogens with zero attached hydrogens (tertiary/aromatic N) is 1. The summed E-state index contributed by atoms with van der Waals surface area (Å²) in [6.45, 7) is 0.932. The van der Waals surface area contributed by atoms with E-state index in [4.69, 9.17) is 0 Å². The third kappa shape index (κ3) is 3.51. The molecule has 0 saturated heterocycles. The first-order valence-corrected chi connectivity index (χ1v) is 9.15. The standard InChI is InChI=1S/C23H19FN2O2/c24-20-9-5-4-8-19(20)22(27)25-15-16-10-11-21-18(14-16)12-13-26(21)23(28)17-6-2-1-3-7-17/h1-11,14H,12-13,15H2,(H,25,27). The van der Waals surface area contributed by atoms with E-state index in [0.717, 1.165) is 23.2 Å². The smallest absolute Gasteiger partial charge is 0.258 e. The summed E-state index contributed by atoms with van der Waals surface area (Å²) in [5, 5.41) is 2.75. The highest BCUT2D eigenvalue weighted by molar-refractivity contribution is 6.07. The molecular weight excluding hydrogens is 355 g/mol. The number of fused-ring (bicyclic) bond motifs is 1. The number of amides is 2. The highest BCUT2D eigenvalue weighted by atomic mass is 19.1. The van der Waals surface area contributed by atoms with E-state index in [-0.39, 0.29) is 11.5 Å². The lowest BCUT2D eigenvalue weighted by Gasteiger charge is -2.17. The van der Waals surface area contributed by atoms with Gasteiger partial charge in [0.05, 0.1) is 5.56 Å². The number of hydrogen-bond acceptors (Lipinski definition) is 2. The molecule has 0 atom stereocenters. The quantitative estimate of drug-likeness (QED) is 0.752. The number of benzene rings is 3. The van der Waals surface area contributed by atoms with Crippen molar-refractivity contribution in [1.29, 1.82) is 0 Å². The Morgan fingerprint density at radius 2 is 1.71 bits per heavy atom. The van der Waals surface area contributed by atoms with Crippen molar-refractivity contribution in [2.75, 3.05) is 11.4 Å². The van der Waals surface area contributed by atoms with Gasteiger partial charge in [0.2, 0.25) is 0 Å². The summed E-state index contributed by atoms with van der Waals surface area (Å²) in [5.41, 5.74) is 3.58. The fourth-order valence-corrected chi connectivity index (χ4v) is 3.44. The molecule has 3 aromatic carbocycles. The van der Waals surface area contributed by atoms with Gasteiger partial charge in [0.1, 0.15) is 5.82 Å². The molecule has 1 N–H and O–H groups in total. The lowest BCUT2D eigenvalue weighted by Crippen LogP contribution is -2.28. The Labute approximate surface area is 162 Å². The average Bonchev–Trinajstić information content (AvgIpc) is 3.15. The lowest BCUT2D eigenvalue weighted by atomic mass is 10.1. The van der Waals surface area contributed by atoms with Crippen LogP contribution in [0.4, 0.5) is 10.1 Å². The zero-order chi connectivity index (χ0) is 19.5. The third-order valence-electron chi connectivity index (χ3n) is 4.88. The van der Waals surface area contributed by atoms with Crippen LogP contribution in [0.5, 0.6) is 0 Å². The molecule has 0 fully saturated rings. The van der Waals surface area contributed by atoms with Crippen molar-refractivity contribution in [3.8, 4) is 0 Å². The number of carbonyl (C=O) groups excluding carboxylic acids is 2. The number of anilines is 1. The maximum absolute atomic E-state index is 13.7. The van der Waals surface area contributed by atoms with Crippen LogP contribution in [0.1, 0.15) is 31.8 Å². The van der Waals surface area contributed by atoms with Crippen LogP contribution in [-0.4, -0.2) is 18.4 Å². The normalized spacial score (nSPS) is 12.5. The molecule has 3 aromatic rings. The molecule has 0 bridgehead atoms. The van der Waals surface area contributed by atoms with Gasteiger partial charge in [0, 0.05) is 24.3 Å². The Morgan fingerprint density at radius 1 is 0.964 bits per heavy atom. The van der Waals surface area contributed by atoms with Crippen LogP contribution in [0.15, 0.2) is 72.8 Å². The largest absolute Gasteiger partial charge is 0.348 e. The molecule has 0 radical (unpaired) electrons. The predicted octanol–water partition coefficient (Wildman–Crippen LogP) is 3.96. The van der Waals surface area contributed by atoms with Crippen molar-refractivity contribution in [3.05, 3.63) is 101 Å². The van der Waals surface area contributed by atoms with Crippen LogP contribution in [-0.2, 0) is 13.0 Å². The highest BCUT2D eigenvalue weighted by Crippen LogP contribution is 2.30. The Hall–Kier alpha value is -3.47. The molecule has 1 aliphatic heterocycles. The van der Waals surface area contributed by atoms with Crippen molar-refractivity contribution in [2.24, 2.45) is 0 Å². The van der Waals surface area contributed by atoms with Crippen LogP contribution in [0.25, 0.3) is 0 Å². The molecule has 0 aromatic heterocycles. The van der Waals surface area contributed by atoms with Crippen LogP contribution in [0.2, 0.25) is 0 Å². The molecule has 4 nitrogen and oxygen atoms in total. The Balaban J connectivity index is 1.46. The first kappa shape index (κ1) is 17.9. The zero-order valence-electron chi connectivity index (χ0n) is 15.2. The topological polar surface area (TPSA) is 49.4 Å². The van der Waals surface area contributed by atoms with E-state index in [2.05, 4.69) is 5.32 Å². The number of carbonyl (C=O) groups is 2. The summed E-state index contributed by atoms with van der Waals surface area (Å²) in [4.78, 5) is 26.7. The van der Waals surface area contributed by atoms with E-state index in [0.29, 0.717) is 18.7 Å². The molecule has 2 amide bonds. The van der Waals surface area contributed by atoms with Crippen LogP contribution in [0, 0.1) is 5.82 Å². The monoisotopic (exact) mass is 374 g/mol. The van der Waals surface area contributed by atoms with Crippen molar-refractivity contribution >= 4 is 17.5 Å². The van der Waals surface area contributed by atoms with E-state index >= 15 is 0 Å². The van der Waals surface area contributed by atoms with Crippen molar-refractivity contribution in [2.45, 2.75) is 13.0 Å². The molecule has 1 heterocycles. The number of nitrogens with one attached hydrogen (secondary N) is 1. The number of hydrogen-bond donors (Lipinski definition) is 1. The lowest BCUT2D eigenvalue weighted by molar-refractivity contribution is 0.0945. The van der Waals surface area contributed by atoms with E-state index in [1.54, 1.807) is 17.0 Å². The summed E-state index contributed by atoms with van der Waals surface area (Å²) in [7, 11) is 0. The molecule has 0 spiro atoms. The van der Waals surface area contributed by atoms with Gasteiger partial charge in [-0.15, -0.1) is 0 Å². The highest BCUT2D eigenvalue weighted by Gasteiger charge is 2.25. The van der Waals surface area contributed by atoms with Gasteiger partial charge < -0.3 is 10.2 Å². The second-order valence-corrected chi connectivity index (χ2v) is 6.70. The van der Waals surface area contributed by atoms with Crippen LogP contribution in [0.3, 0.4) is 0 Å². The summed E-state index contributed by atoms with van der Waals surface area (Å²) >= 11 is 0. The molecule has 0 saturated carbocycles. The molecule has 0 unspecified atom stereocenters. The third-order valence-corrected chi connectivity index (χ3v) is 4.88. The minimum absolute atomic E-state index is 0.0139. The van der Waals surface area contributed by atoms with Gasteiger partial charge in [-0.1, -0.05) is 42.5 Å². The van der Waals surface area contributed by atoms with Crippen LogP contribution >= 0.6 is 0 Å². The Morgan fingerprint density at radius 3 is 2.50 bits per heavy atom. The first-order valence-electron chi connectivity index (χ1n) is 9.15. The fourth-order valence-electron chi connectivity index (χ4n) is 3.44. The first-order chi connectivity index (χ1) is 13.6.